The summed E-state index contributed by atoms with van der Waals surface area (Å²) < 4.78 is 18.7. The molecule has 3 aromatic carbocycles. The lowest BCUT2D eigenvalue weighted by Gasteiger charge is -2.39. The molecule has 0 bridgehead atoms. The molecule has 3 atom stereocenters. The predicted molar refractivity (Wildman–Crippen MR) is 172 cm³/mol. The van der Waals surface area contributed by atoms with E-state index in [1.54, 1.807) is 5.48 Å². The van der Waals surface area contributed by atoms with E-state index < -0.39 is 12.2 Å². The van der Waals surface area contributed by atoms with E-state index in [-0.39, 0.29) is 31.1 Å². The van der Waals surface area contributed by atoms with Crippen LogP contribution in [0.2, 0.25) is 0 Å². The number of hydrogen-bond donors (Lipinski definition) is 4. The maximum Gasteiger partial charge on any atom is 0.243 e. The molecular formula is C36H45N3O7. The van der Waals surface area contributed by atoms with Gasteiger partial charge in [0.05, 0.1) is 32.0 Å². The van der Waals surface area contributed by atoms with Crippen LogP contribution >= 0.6 is 0 Å². The van der Waals surface area contributed by atoms with Gasteiger partial charge in [-0.3, -0.25) is 19.7 Å². The molecule has 10 heteroatoms. The Balaban J connectivity index is 1.23. The second-order valence-corrected chi connectivity index (χ2v) is 12.0. The molecular weight excluding hydrogens is 586 g/mol. The number of nitrogens with zero attached hydrogens (tertiary/aromatic N) is 1. The van der Waals surface area contributed by atoms with Crippen molar-refractivity contribution in [3.8, 4) is 11.1 Å². The van der Waals surface area contributed by atoms with Crippen molar-refractivity contribution in [3.05, 3.63) is 95.1 Å². The van der Waals surface area contributed by atoms with Crippen molar-refractivity contribution in [1.29, 1.82) is 0 Å². The Hall–Kier alpha value is -3.64. The molecule has 2 fully saturated rings. The normalized spacial score (nSPS) is 20.3. The number of morpholine rings is 1. The first-order valence-electron chi connectivity index (χ1n) is 16.2. The number of rotatable bonds is 14. The summed E-state index contributed by atoms with van der Waals surface area (Å²) in [5.74, 6) is -0.436. The van der Waals surface area contributed by atoms with E-state index in [9.17, 15) is 14.7 Å². The Morgan fingerprint density at radius 3 is 2.26 bits per heavy atom. The van der Waals surface area contributed by atoms with Crippen LogP contribution in [0, 0.1) is 0 Å². The first kappa shape index (κ1) is 33.7. The topological polar surface area (TPSA) is 130 Å². The molecule has 2 aliphatic rings. The molecule has 10 nitrogen and oxygen atoms in total. The highest BCUT2D eigenvalue weighted by molar-refractivity contribution is 5.76. The molecule has 0 aliphatic carbocycles. The van der Waals surface area contributed by atoms with E-state index in [1.165, 1.54) is 0 Å². The van der Waals surface area contributed by atoms with Crippen molar-refractivity contribution in [2.75, 3.05) is 32.8 Å². The number of unbranched alkanes of at least 4 members (excludes halogenated alkanes) is 2. The average Bonchev–Trinajstić information content (AvgIpc) is 3.11. The number of benzene rings is 3. The number of ether oxygens (including phenoxy) is 3. The Morgan fingerprint density at radius 2 is 1.52 bits per heavy atom. The molecule has 46 heavy (non-hydrogen) atoms. The van der Waals surface area contributed by atoms with Crippen LogP contribution in [0.3, 0.4) is 0 Å². The number of aliphatic hydroxyl groups is 1. The number of carbonyl (C=O) groups excluding carboxylic acids is 2. The van der Waals surface area contributed by atoms with E-state index in [1.807, 2.05) is 48.5 Å². The van der Waals surface area contributed by atoms with Gasteiger partial charge in [-0.05, 0) is 52.8 Å². The highest BCUT2D eigenvalue weighted by Crippen LogP contribution is 2.39. The highest BCUT2D eigenvalue weighted by Gasteiger charge is 2.33. The number of carbonyl (C=O) groups is 2. The number of aliphatic hydroxyl groups excluding tert-OH is 1. The molecule has 2 amide bonds. The first-order valence-corrected chi connectivity index (χ1v) is 16.2. The summed E-state index contributed by atoms with van der Waals surface area (Å²) >= 11 is 0. The third kappa shape index (κ3) is 9.93. The lowest BCUT2D eigenvalue weighted by Crippen LogP contribution is -2.44. The van der Waals surface area contributed by atoms with Crippen LogP contribution in [-0.4, -0.2) is 66.0 Å². The summed E-state index contributed by atoms with van der Waals surface area (Å²) in [5.41, 5.74) is 7.56. The lowest BCUT2D eigenvalue weighted by molar-refractivity contribution is -0.253. The molecule has 4 N–H and O–H groups in total. The Morgan fingerprint density at radius 1 is 0.804 bits per heavy atom. The molecule has 0 saturated carbocycles. The molecule has 0 aromatic heterocycles. The van der Waals surface area contributed by atoms with Gasteiger partial charge in [0, 0.05) is 51.0 Å². The van der Waals surface area contributed by atoms with E-state index >= 15 is 0 Å². The van der Waals surface area contributed by atoms with Gasteiger partial charge < -0.3 is 24.6 Å². The molecule has 5 rings (SSSR count). The Kier molecular flexibility index (Phi) is 12.7. The van der Waals surface area contributed by atoms with Crippen LogP contribution in [0.4, 0.5) is 0 Å². The maximum absolute atomic E-state index is 12.4. The number of hydrogen-bond acceptors (Lipinski definition) is 8. The van der Waals surface area contributed by atoms with Gasteiger partial charge in [0.1, 0.15) is 0 Å². The molecule has 3 aromatic rings. The van der Waals surface area contributed by atoms with Crippen LogP contribution in [0.5, 0.6) is 0 Å². The molecule has 2 saturated heterocycles. The van der Waals surface area contributed by atoms with Gasteiger partial charge in [0.25, 0.3) is 0 Å². The van der Waals surface area contributed by atoms with Gasteiger partial charge in [-0.2, -0.15) is 0 Å². The molecule has 0 spiro atoms. The minimum atomic E-state index is -0.539. The zero-order chi connectivity index (χ0) is 32.1. The summed E-state index contributed by atoms with van der Waals surface area (Å²) in [6.45, 7) is 4.48. The van der Waals surface area contributed by atoms with Crippen molar-refractivity contribution in [2.45, 2.75) is 70.2 Å². The number of nitrogens with one attached hydrogen (secondary N) is 2. The van der Waals surface area contributed by atoms with Crippen LogP contribution in [-0.2, 0) is 37.0 Å². The number of hydroxylamine groups is 1. The maximum atomic E-state index is 12.4. The van der Waals surface area contributed by atoms with Crippen LogP contribution in [0.15, 0.2) is 72.8 Å². The zero-order valence-corrected chi connectivity index (χ0v) is 26.2. The van der Waals surface area contributed by atoms with Crippen LogP contribution in [0.1, 0.15) is 73.2 Å². The third-order valence-electron chi connectivity index (χ3n) is 8.52. The van der Waals surface area contributed by atoms with Gasteiger partial charge in [-0.25, -0.2) is 5.48 Å². The van der Waals surface area contributed by atoms with Gasteiger partial charge in [0.15, 0.2) is 6.29 Å². The molecule has 3 unspecified atom stereocenters. The number of amides is 2. The van der Waals surface area contributed by atoms with E-state index in [2.05, 4.69) is 34.5 Å². The summed E-state index contributed by atoms with van der Waals surface area (Å²) in [7, 11) is 0. The fourth-order valence-electron chi connectivity index (χ4n) is 5.92. The monoisotopic (exact) mass is 631 g/mol. The second-order valence-electron chi connectivity index (χ2n) is 12.0. The third-order valence-corrected chi connectivity index (χ3v) is 8.52. The molecule has 2 heterocycles. The summed E-state index contributed by atoms with van der Waals surface area (Å²) in [4.78, 5) is 25.9. The SMILES string of the molecule is O=C(CCCCCC(=O)NCc1cccc(-c2cccc(C3OC(CN4CCOCC4)CC(c4ccc(CO)cc4)O3)c2)c1)NO. The van der Waals surface area contributed by atoms with Crippen molar-refractivity contribution in [3.63, 3.8) is 0 Å². The fraction of sp³-hybridized carbons (Fsp3) is 0.444. The van der Waals surface area contributed by atoms with Gasteiger partial charge in [-0.15, -0.1) is 0 Å². The van der Waals surface area contributed by atoms with Crippen molar-refractivity contribution in [1.82, 2.24) is 15.7 Å². The standard InChI is InChI=1S/C36H45N3O7/c40-25-26-12-14-28(15-13-26)33-22-32(24-39-16-18-44-19-17-39)45-36(46-33)31-9-5-8-30(21-31)29-7-4-6-27(20-29)23-37-34(41)10-2-1-3-11-35(42)38-43/h4-9,12-15,20-21,32-33,36,40,43H,1-3,10-11,16-19,22-25H2,(H,37,41)(H,38,42). The second kappa shape index (κ2) is 17.3. The van der Waals surface area contributed by atoms with Gasteiger partial charge in [0.2, 0.25) is 11.8 Å². The Bertz CT molecular complexity index is 1410. The van der Waals surface area contributed by atoms with Crippen molar-refractivity contribution < 1.29 is 34.1 Å². The molecule has 0 radical (unpaired) electrons. The van der Waals surface area contributed by atoms with Crippen molar-refractivity contribution in [2.24, 2.45) is 0 Å². The van der Waals surface area contributed by atoms with Crippen molar-refractivity contribution >= 4 is 11.8 Å². The summed E-state index contributed by atoms with van der Waals surface area (Å²) in [5, 5.41) is 21.1. The highest BCUT2D eigenvalue weighted by atomic mass is 16.7. The van der Waals surface area contributed by atoms with E-state index in [0.717, 1.165) is 79.1 Å². The fourth-order valence-corrected chi connectivity index (χ4v) is 5.92. The smallest absolute Gasteiger partial charge is 0.243 e. The minimum Gasteiger partial charge on any atom is -0.392 e. The average molecular weight is 632 g/mol. The first-order chi connectivity index (χ1) is 22.5. The largest absolute Gasteiger partial charge is 0.392 e. The quantitative estimate of drug-likeness (QED) is 0.114. The lowest BCUT2D eigenvalue weighted by atomic mass is 9.98. The summed E-state index contributed by atoms with van der Waals surface area (Å²) in [6.07, 6.45) is 2.73. The predicted octanol–water partition coefficient (Wildman–Crippen LogP) is 4.80. The van der Waals surface area contributed by atoms with Crippen LogP contribution in [0.25, 0.3) is 11.1 Å². The zero-order valence-electron chi connectivity index (χ0n) is 26.2. The van der Waals surface area contributed by atoms with E-state index in [4.69, 9.17) is 19.4 Å². The minimum absolute atomic E-state index is 0.00656. The Labute approximate surface area is 270 Å². The van der Waals surface area contributed by atoms with E-state index in [0.29, 0.717) is 25.8 Å². The summed E-state index contributed by atoms with van der Waals surface area (Å²) in [6, 6.07) is 24.3. The van der Waals surface area contributed by atoms with Crippen LogP contribution < -0.4 is 10.8 Å². The van der Waals surface area contributed by atoms with Gasteiger partial charge in [-0.1, -0.05) is 67.1 Å². The molecule has 246 valence electrons. The van der Waals surface area contributed by atoms with Gasteiger partial charge >= 0.3 is 0 Å². The molecule has 2 aliphatic heterocycles.